The van der Waals surface area contributed by atoms with Gasteiger partial charge in [-0.05, 0) is 44.9 Å². The molecule has 0 unspecified atom stereocenters. The van der Waals surface area contributed by atoms with Crippen molar-refractivity contribution in [3.8, 4) is 5.69 Å². The third-order valence-corrected chi connectivity index (χ3v) is 6.45. The van der Waals surface area contributed by atoms with Gasteiger partial charge in [-0.2, -0.15) is 28.2 Å². The predicted molar refractivity (Wildman–Crippen MR) is 116 cm³/mol. The lowest BCUT2D eigenvalue weighted by molar-refractivity contribution is -0.137. The zero-order valence-corrected chi connectivity index (χ0v) is 18.2. The van der Waals surface area contributed by atoms with E-state index in [1.165, 1.54) is 10.7 Å². The number of fused-ring (bicyclic) bond motifs is 1. The molecule has 0 spiro atoms. The predicted octanol–water partition coefficient (Wildman–Crippen LogP) is 2.98. The van der Waals surface area contributed by atoms with Crippen molar-refractivity contribution in [3.63, 3.8) is 0 Å². The first-order valence-corrected chi connectivity index (χ1v) is 10.8. The van der Waals surface area contributed by atoms with E-state index in [0.717, 1.165) is 12.1 Å². The Balaban J connectivity index is 1.55. The number of halogens is 3. The number of nitrogens with zero attached hydrogens (tertiary/aromatic N) is 5. The quantitative estimate of drug-likeness (QED) is 0.536. The van der Waals surface area contributed by atoms with E-state index in [-0.39, 0.29) is 23.8 Å². The SMILES string of the molecule is CC(C)(O)C1CN(c2nc(N[C@H]3C[C@@H](O)C3)nc3c2cnn3-c2cccc(C(F)(F)F)c2)C1. The molecule has 11 heteroatoms. The summed E-state index contributed by atoms with van der Waals surface area (Å²) in [5.74, 6) is 1.01. The van der Waals surface area contributed by atoms with Gasteiger partial charge in [-0.15, -0.1) is 0 Å². The van der Waals surface area contributed by atoms with Gasteiger partial charge in [0.25, 0.3) is 0 Å². The van der Waals surface area contributed by atoms with Gasteiger partial charge in [0.1, 0.15) is 5.82 Å². The first kappa shape index (κ1) is 21.9. The zero-order chi connectivity index (χ0) is 23.5. The van der Waals surface area contributed by atoms with Gasteiger partial charge in [0.05, 0.1) is 34.5 Å². The van der Waals surface area contributed by atoms with E-state index in [0.29, 0.717) is 48.7 Å². The Morgan fingerprint density at radius 2 is 1.85 bits per heavy atom. The summed E-state index contributed by atoms with van der Waals surface area (Å²) in [5, 5.41) is 28.0. The van der Waals surface area contributed by atoms with Gasteiger partial charge in [0.15, 0.2) is 5.65 Å². The minimum Gasteiger partial charge on any atom is -0.393 e. The van der Waals surface area contributed by atoms with Crippen LogP contribution >= 0.6 is 0 Å². The Bertz CT molecular complexity index is 1180. The number of benzene rings is 1. The van der Waals surface area contributed by atoms with Crippen LogP contribution in [0, 0.1) is 5.92 Å². The lowest BCUT2D eigenvalue weighted by Gasteiger charge is -2.46. The lowest BCUT2D eigenvalue weighted by Crippen LogP contribution is -2.56. The Labute approximate surface area is 188 Å². The summed E-state index contributed by atoms with van der Waals surface area (Å²) in [4.78, 5) is 11.2. The molecule has 33 heavy (non-hydrogen) atoms. The highest BCUT2D eigenvalue weighted by Crippen LogP contribution is 2.36. The third kappa shape index (κ3) is 4.10. The molecule has 3 heterocycles. The van der Waals surface area contributed by atoms with Crippen LogP contribution in [-0.2, 0) is 6.18 Å². The molecular weight excluding hydrogens is 437 g/mol. The summed E-state index contributed by atoms with van der Waals surface area (Å²) in [7, 11) is 0. The summed E-state index contributed by atoms with van der Waals surface area (Å²) < 4.78 is 41.1. The van der Waals surface area contributed by atoms with E-state index in [9.17, 15) is 23.4 Å². The van der Waals surface area contributed by atoms with Crippen LogP contribution < -0.4 is 10.2 Å². The summed E-state index contributed by atoms with van der Waals surface area (Å²) >= 11 is 0. The molecule has 3 aromatic rings. The molecule has 1 saturated heterocycles. The Morgan fingerprint density at radius 1 is 1.12 bits per heavy atom. The lowest BCUT2D eigenvalue weighted by atomic mass is 9.84. The first-order chi connectivity index (χ1) is 15.5. The van der Waals surface area contributed by atoms with Crippen molar-refractivity contribution < 1.29 is 23.4 Å². The van der Waals surface area contributed by atoms with Gasteiger partial charge < -0.3 is 20.4 Å². The highest BCUT2D eigenvalue weighted by molar-refractivity contribution is 5.89. The second-order valence-electron chi connectivity index (χ2n) is 9.43. The maximum atomic E-state index is 13.3. The summed E-state index contributed by atoms with van der Waals surface area (Å²) in [6.07, 6.45) is -2.12. The Kier molecular flexibility index (Phi) is 5.02. The molecule has 1 aromatic carbocycles. The largest absolute Gasteiger partial charge is 0.416 e. The van der Waals surface area contributed by atoms with Crippen LogP contribution in [0.1, 0.15) is 32.3 Å². The highest BCUT2D eigenvalue weighted by Gasteiger charge is 2.39. The summed E-state index contributed by atoms with van der Waals surface area (Å²) in [5.41, 5.74) is -0.968. The van der Waals surface area contributed by atoms with E-state index < -0.39 is 17.3 Å². The minimum absolute atomic E-state index is 0.0238. The molecule has 2 aromatic heterocycles. The van der Waals surface area contributed by atoms with Crippen LogP contribution in [0.3, 0.4) is 0 Å². The second kappa shape index (κ2) is 7.56. The number of anilines is 2. The molecule has 0 bridgehead atoms. The highest BCUT2D eigenvalue weighted by atomic mass is 19.4. The van der Waals surface area contributed by atoms with Crippen molar-refractivity contribution >= 4 is 22.8 Å². The molecule has 1 saturated carbocycles. The molecule has 1 aliphatic carbocycles. The molecular formula is C22H25F3N6O2. The van der Waals surface area contributed by atoms with Gasteiger partial charge in [-0.25, -0.2) is 4.68 Å². The number of hydrogen-bond donors (Lipinski definition) is 3. The van der Waals surface area contributed by atoms with E-state index in [1.807, 2.05) is 4.90 Å². The van der Waals surface area contributed by atoms with Crippen molar-refractivity contribution in [3.05, 3.63) is 36.0 Å². The molecule has 0 atom stereocenters. The molecule has 0 amide bonds. The Morgan fingerprint density at radius 3 is 2.48 bits per heavy atom. The molecule has 176 valence electrons. The van der Waals surface area contributed by atoms with Gasteiger partial charge in [0, 0.05) is 25.0 Å². The van der Waals surface area contributed by atoms with Gasteiger partial charge in [-0.3, -0.25) is 0 Å². The minimum atomic E-state index is -4.47. The fourth-order valence-electron chi connectivity index (χ4n) is 4.19. The number of hydrogen-bond acceptors (Lipinski definition) is 7. The summed E-state index contributed by atoms with van der Waals surface area (Å²) in [6, 6.07) is 4.97. The third-order valence-electron chi connectivity index (χ3n) is 6.45. The number of aromatic nitrogens is 4. The molecule has 5 rings (SSSR count). The monoisotopic (exact) mass is 462 g/mol. The molecule has 0 radical (unpaired) electrons. The normalized spacial score (nSPS) is 21.7. The number of rotatable bonds is 5. The van der Waals surface area contributed by atoms with Crippen LogP contribution in [0.15, 0.2) is 30.5 Å². The number of aliphatic hydroxyl groups is 2. The molecule has 8 nitrogen and oxygen atoms in total. The smallest absolute Gasteiger partial charge is 0.393 e. The standard InChI is InChI=1S/C22H25F3N6O2/c1-21(2,33)13-10-30(11-13)18-17-9-26-31(15-5-3-4-12(6-15)22(23,24)25)19(17)29-20(28-18)27-14-7-16(32)8-14/h3-6,9,13-14,16,32-33H,7-8,10-11H2,1-2H3,(H,27,28,29)/t14-,16+. The van der Waals surface area contributed by atoms with Crippen molar-refractivity contribution in [2.75, 3.05) is 23.3 Å². The molecule has 2 fully saturated rings. The maximum Gasteiger partial charge on any atom is 0.416 e. The van der Waals surface area contributed by atoms with Gasteiger partial charge in [0.2, 0.25) is 5.95 Å². The average Bonchev–Trinajstić information content (AvgIpc) is 3.08. The first-order valence-electron chi connectivity index (χ1n) is 10.8. The average molecular weight is 462 g/mol. The number of alkyl halides is 3. The van der Waals surface area contributed by atoms with Crippen molar-refractivity contribution in [1.29, 1.82) is 0 Å². The Hall–Kier alpha value is -2.92. The maximum absolute atomic E-state index is 13.3. The van der Waals surface area contributed by atoms with Crippen molar-refractivity contribution in [2.24, 2.45) is 5.92 Å². The van der Waals surface area contributed by atoms with Crippen LogP contribution in [0.4, 0.5) is 24.9 Å². The van der Waals surface area contributed by atoms with Crippen LogP contribution in [0.25, 0.3) is 16.7 Å². The fourth-order valence-corrected chi connectivity index (χ4v) is 4.19. The van der Waals surface area contributed by atoms with Crippen LogP contribution in [0.2, 0.25) is 0 Å². The van der Waals surface area contributed by atoms with Gasteiger partial charge in [-0.1, -0.05) is 6.07 Å². The van der Waals surface area contributed by atoms with Crippen molar-refractivity contribution in [1.82, 2.24) is 19.7 Å². The van der Waals surface area contributed by atoms with Crippen LogP contribution in [-0.4, -0.2) is 60.8 Å². The van der Waals surface area contributed by atoms with E-state index in [1.54, 1.807) is 26.1 Å². The number of nitrogens with one attached hydrogen (secondary N) is 1. The van der Waals surface area contributed by atoms with E-state index in [2.05, 4.69) is 20.4 Å². The summed E-state index contributed by atoms with van der Waals surface area (Å²) in [6.45, 7) is 4.72. The zero-order valence-electron chi connectivity index (χ0n) is 18.2. The topological polar surface area (TPSA) is 99.3 Å². The number of aliphatic hydroxyl groups excluding tert-OH is 1. The van der Waals surface area contributed by atoms with Crippen molar-refractivity contribution in [2.45, 2.75) is 50.6 Å². The fraction of sp³-hybridized carbons (Fsp3) is 0.500. The molecule has 2 aliphatic rings. The molecule has 3 N–H and O–H groups in total. The second-order valence-corrected chi connectivity index (χ2v) is 9.43. The van der Waals surface area contributed by atoms with Gasteiger partial charge >= 0.3 is 6.18 Å². The van der Waals surface area contributed by atoms with E-state index >= 15 is 0 Å². The van der Waals surface area contributed by atoms with E-state index in [4.69, 9.17) is 0 Å². The molecule has 1 aliphatic heterocycles. The van der Waals surface area contributed by atoms with Crippen LogP contribution in [0.5, 0.6) is 0 Å².